The van der Waals surface area contributed by atoms with Gasteiger partial charge in [-0.2, -0.15) is 5.10 Å². The molecule has 35 heavy (non-hydrogen) atoms. The monoisotopic (exact) mass is 514 g/mol. The molecule has 0 aromatic heterocycles. The normalized spacial score (nSPS) is 11.4. The van der Waals surface area contributed by atoms with Crippen molar-refractivity contribution in [2.75, 3.05) is 10.8 Å². The summed E-state index contributed by atoms with van der Waals surface area (Å²) in [5, 5.41) is 15.0. The second-order valence-electron chi connectivity index (χ2n) is 7.80. The van der Waals surface area contributed by atoms with Gasteiger partial charge >= 0.3 is 0 Å². The van der Waals surface area contributed by atoms with Crippen LogP contribution in [0.2, 0.25) is 5.02 Å². The van der Waals surface area contributed by atoms with Gasteiger partial charge < -0.3 is 0 Å². The van der Waals surface area contributed by atoms with Crippen molar-refractivity contribution in [2.45, 2.75) is 25.7 Å². The van der Waals surface area contributed by atoms with E-state index in [1.54, 1.807) is 31.2 Å². The van der Waals surface area contributed by atoms with Gasteiger partial charge in [0.2, 0.25) is 0 Å². The van der Waals surface area contributed by atoms with E-state index in [9.17, 15) is 23.3 Å². The fraction of sp³-hybridized carbons (Fsp3) is 0.167. The summed E-state index contributed by atoms with van der Waals surface area (Å²) >= 11 is 6.04. The SMILES string of the molecule is Cc1ccc(S(=O)(=O)N(CC(=O)N/N=C\c2cc([N+](=O)[O-])ccc2Cl)c2cccc(C)c2C)cc1. The van der Waals surface area contributed by atoms with Crippen LogP contribution >= 0.6 is 11.6 Å². The highest BCUT2D eigenvalue weighted by Crippen LogP contribution is 2.28. The summed E-state index contributed by atoms with van der Waals surface area (Å²) in [5.41, 5.74) is 5.15. The van der Waals surface area contributed by atoms with Gasteiger partial charge in [0.1, 0.15) is 6.54 Å². The maximum atomic E-state index is 13.5. The lowest BCUT2D eigenvalue weighted by Crippen LogP contribution is -2.40. The summed E-state index contributed by atoms with van der Waals surface area (Å²) in [5.74, 6) is -0.709. The summed E-state index contributed by atoms with van der Waals surface area (Å²) in [6.45, 7) is 4.93. The first-order chi connectivity index (χ1) is 16.5. The molecule has 0 saturated heterocycles. The number of carbonyl (C=O) groups excluding carboxylic acids is 1. The number of sulfonamides is 1. The molecule has 0 aliphatic heterocycles. The minimum Gasteiger partial charge on any atom is -0.271 e. The Morgan fingerprint density at radius 2 is 1.80 bits per heavy atom. The minimum absolute atomic E-state index is 0.0451. The zero-order valence-electron chi connectivity index (χ0n) is 19.2. The Bertz CT molecular complexity index is 1410. The van der Waals surface area contributed by atoms with Crippen LogP contribution in [0.1, 0.15) is 22.3 Å². The van der Waals surface area contributed by atoms with Gasteiger partial charge in [0, 0.05) is 22.7 Å². The Hall–Kier alpha value is -3.76. The van der Waals surface area contributed by atoms with E-state index in [-0.39, 0.29) is 21.2 Å². The standard InChI is InChI=1S/C24H23ClN4O5S/c1-16-7-10-21(11-8-16)35(33,34)28(23-6-4-5-17(2)18(23)3)15-24(30)27-26-14-19-13-20(29(31)32)9-12-22(19)25/h4-14H,15H2,1-3H3,(H,27,30)/b26-14-. The zero-order chi connectivity index (χ0) is 25.8. The average molecular weight is 515 g/mol. The molecule has 0 bridgehead atoms. The number of nitrogens with one attached hydrogen (secondary N) is 1. The van der Waals surface area contributed by atoms with E-state index in [0.717, 1.165) is 21.6 Å². The molecule has 0 atom stereocenters. The number of halogens is 1. The largest absolute Gasteiger partial charge is 0.271 e. The summed E-state index contributed by atoms with van der Waals surface area (Å²) in [6, 6.07) is 15.3. The molecule has 0 unspecified atom stereocenters. The van der Waals surface area contributed by atoms with Gasteiger partial charge in [-0.3, -0.25) is 19.2 Å². The third-order valence-corrected chi connectivity index (χ3v) is 7.44. The quantitative estimate of drug-likeness (QED) is 0.269. The number of hydrogen-bond acceptors (Lipinski definition) is 6. The van der Waals surface area contributed by atoms with Crippen LogP contribution in [0.5, 0.6) is 0 Å². The van der Waals surface area contributed by atoms with Gasteiger partial charge in [-0.15, -0.1) is 0 Å². The van der Waals surface area contributed by atoms with Crippen LogP contribution in [0.15, 0.2) is 70.7 Å². The highest BCUT2D eigenvalue weighted by Gasteiger charge is 2.28. The van der Waals surface area contributed by atoms with Gasteiger partial charge in [-0.05, 0) is 56.2 Å². The number of nitro groups is 1. The molecule has 1 amide bonds. The Balaban J connectivity index is 1.89. The average Bonchev–Trinajstić information content (AvgIpc) is 2.81. The molecule has 0 radical (unpaired) electrons. The molecule has 9 nitrogen and oxygen atoms in total. The summed E-state index contributed by atoms with van der Waals surface area (Å²) in [4.78, 5) is 23.2. The van der Waals surface area contributed by atoms with Crippen molar-refractivity contribution >= 4 is 45.1 Å². The molecule has 1 N–H and O–H groups in total. The highest BCUT2D eigenvalue weighted by atomic mass is 35.5. The summed E-state index contributed by atoms with van der Waals surface area (Å²) in [6.07, 6.45) is 1.16. The van der Waals surface area contributed by atoms with Gasteiger partial charge in [0.15, 0.2) is 0 Å². The second kappa shape index (κ2) is 10.7. The van der Waals surface area contributed by atoms with Crippen molar-refractivity contribution in [2.24, 2.45) is 5.10 Å². The molecule has 0 heterocycles. The lowest BCUT2D eigenvalue weighted by molar-refractivity contribution is -0.384. The third kappa shape index (κ3) is 6.03. The third-order valence-electron chi connectivity index (χ3n) is 5.32. The van der Waals surface area contributed by atoms with Gasteiger partial charge in [0.25, 0.3) is 21.6 Å². The molecular formula is C24H23ClN4O5S. The molecule has 0 aliphatic rings. The van der Waals surface area contributed by atoms with E-state index in [1.807, 2.05) is 19.9 Å². The Labute approximate surface area is 208 Å². The molecule has 3 rings (SSSR count). The number of aryl methyl sites for hydroxylation is 2. The Morgan fingerprint density at radius 3 is 2.46 bits per heavy atom. The van der Waals surface area contributed by atoms with Crippen LogP contribution in [0, 0.1) is 30.9 Å². The van der Waals surface area contributed by atoms with E-state index in [0.29, 0.717) is 11.3 Å². The van der Waals surface area contributed by atoms with Crippen LogP contribution in [-0.2, 0) is 14.8 Å². The van der Waals surface area contributed by atoms with E-state index in [2.05, 4.69) is 10.5 Å². The van der Waals surface area contributed by atoms with Crippen LogP contribution in [0.25, 0.3) is 0 Å². The predicted octanol–water partition coefficient (Wildman–Crippen LogP) is 4.52. The lowest BCUT2D eigenvalue weighted by Gasteiger charge is -2.26. The highest BCUT2D eigenvalue weighted by molar-refractivity contribution is 7.92. The molecule has 0 saturated carbocycles. The molecule has 11 heteroatoms. The number of nitro benzene ring substituents is 1. The van der Waals surface area contributed by atoms with E-state index < -0.39 is 27.4 Å². The number of hydrazone groups is 1. The van der Waals surface area contributed by atoms with Crippen molar-refractivity contribution < 1.29 is 18.1 Å². The fourth-order valence-corrected chi connectivity index (χ4v) is 4.87. The van der Waals surface area contributed by atoms with Crippen molar-refractivity contribution in [3.63, 3.8) is 0 Å². The van der Waals surface area contributed by atoms with Crippen molar-refractivity contribution in [1.29, 1.82) is 0 Å². The number of anilines is 1. The van der Waals surface area contributed by atoms with E-state index in [1.165, 1.54) is 30.3 Å². The molecule has 0 fully saturated rings. The molecule has 3 aromatic rings. The number of nitrogens with zero attached hydrogens (tertiary/aromatic N) is 3. The first-order valence-electron chi connectivity index (χ1n) is 10.4. The number of hydrogen-bond donors (Lipinski definition) is 1. The van der Waals surface area contributed by atoms with Crippen molar-refractivity contribution in [3.05, 3.63) is 98.1 Å². The smallest absolute Gasteiger partial charge is 0.270 e. The fourth-order valence-electron chi connectivity index (χ4n) is 3.23. The number of non-ortho nitro benzene ring substituents is 1. The number of benzene rings is 3. The molecule has 0 spiro atoms. The van der Waals surface area contributed by atoms with Crippen molar-refractivity contribution in [1.82, 2.24) is 5.43 Å². The van der Waals surface area contributed by atoms with E-state index >= 15 is 0 Å². The summed E-state index contributed by atoms with van der Waals surface area (Å²) < 4.78 is 28.1. The van der Waals surface area contributed by atoms with Crippen LogP contribution in [0.4, 0.5) is 11.4 Å². The number of carbonyl (C=O) groups is 1. The van der Waals surface area contributed by atoms with Gasteiger partial charge in [0.05, 0.1) is 21.7 Å². The maximum absolute atomic E-state index is 13.5. The van der Waals surface area contributed by atoms with Crippen LogP contribution in [-0.4, -0.2) is 32.0 Å². The number of rotatable bonds is 8. The van der Waals surface area contributed by atoms with Crippen LogP contribution < -0.4 is 9.73 Å². The first kappa shape index (κ1) is 25.9. The zero-order valence-corrected chi connectivity index (χ0v) is 20.8. The maximum Gasteiger partial charge on any atom is 0.270 e. The van der Waals surface area contributed by atoms with Crippen LogP contribution in [0.3, 0.4) is 0 Å². The Kier molecular flexibility index (Phi) is 7.88. The lowest BCUT2D eigenvalue weighted by atomic mass is 10.1. The number of amides is 1. The predicted molar refractivity (Wildman–Crippen MR) is 135 cm³/mol. The second-order valence-corrected chi connectivity index (χ2v) is 10.1. The Morgan fingerprint density at radius 1 is 1.11 bits per heavy atom. The summed E-state index contributed by atoms with van der Waals surface area (Å²) in [7, 11) is -4.08. The minimum atomic E-state index is -4.08. The van der Waals surface area contributed by atoms with Gasteiger partial charge in [-0.25, -0.2) is 13.8 Å². The first-order valence-corrected chi connectivity index (χ1v) is 12.2. The van der Waals surface area contributed by atoms with E-state index in [4.69, 9.17) is 11.6 Å². The molecule has 3 aromatic carbocycles. The molecule has 182 valence electrons. The topological polar surface area (TPSA) is 122 Å². The molecular weight excluding hydrogens is 492 g/mol. The van der Waals surface area contributed by atoms with Crippen molar-refractivity contribution in [3.8, 4) is 0 Å². The molecule has 0 aliphatic carbocycles. The van der Waals surface area contributed by atoms with Gasteiger partial charge in [-0.1, -0.05) is 41.4 Å².